The van der Waals surface area contributed by atoms with Gasteiger partial charge in [0, 0.05) is 76.9 Å². The van der Waals surface area contributed by atoms with Gasteiger partial charge >= 0.3 is 0 Å². The summed E-state index contributed by atoms with van der Waals surface area (Å²) in [7, 11) is 0. The molecule has 4 amide bonds. The van der Waals surface area contributed by atoms with Gasteiger partial charge in [-0.3, -0.25) is 34.3 Å². The molecule has 0 radical (unpaired) electrons. The molecule has 5 fully saturated rings. The Hall–Kier alpha value is -5.15. The van der Waals surface area contributed by atoms with Gasteiger partial charge in [-0.15, -0.1) is 10.2 Å². The second-order valence-corrected chi connectivity index (χ2v) is 16.9. The molecule has 3 aromatic rings. The van der Waals surface area contributed by atoms with Gasteiger partial charge in [-0.25, -0.2) is 4.39 Å². The predicted octanol–water partition coefficient (Wildman–Crippen LogP) is 2.79. The van der Waals surface area contributed by atoms with E-state index in [2.05, 4.69) is 42.5 Å². The smallest absolute Gasteiger partial charge is 0.262 e. The molecule has 7 heterocycles. The molecular formula is C41H46FN9O5. The van der Waals surface area contributed by atoms with E-state index < -0.39 is 35.5 Å². The van der Waals surface area contributed by atoms with E-state index >= 15 is 4.39 Å². The Kier molecular flexibility index (Phi) is 8.51. The number of para-hydroxylation sites is 1. The van der Waals surface area contributed by atoms with Crippen LogP contribution in [0.4, 0.5) is 21.6 Å². The topological polar surface area (TPSA) is 155 Å². The summed E-state index contributed by atoms with van der Waals surface area (Å²) in [5.74, 6) is 0.730. The van der Waals surface area contributed by atoms with Crippen LogP contribution in [-0.4, -0.2) is 131 Å². The number of fused-ring (bicyclic) bond motifs is 5. The van der Waals surface area contributed by atoms with Crippen LogP contribution in [0.15, 0.2) is 42.5 Å². The van der Waals surface area contributed by atoms with Gasteiger partial charge < -0.3 is 25.1 Å². The highest BCUT2D eigenvalue weighted by molar-refractivity contribution is 6.23. The number of piperazine rings is 1. The summed E-state index contributed by atoms with van der Waals surface area (Å²) >= 11 is 0. The lowest BCUT2D eigenvalue weighted by Gasteiger charge is -2.46. The van der Waals surface area contributed by atoms with E-state index in [0.29, 0.717) is 35.4 Å². The number of carbonyl (C=O) groups excluding carboxylic acids is 4. The molecule has 7 atom stereocenters. The summed E-state index contributed by atoms with van der Waals surface area (Å²) in [5.41, 5.74) is 2.79. The summed E-state index contributed by atoms with van der Waals surface area (Å²) in [6.45, 7) is 11.0. The van der Waals surface area contributed by atoms with Crippen molar-refractivity contribution in [2.24, 2.45) is 23.7 Å². The molecule has 1 unspecified atom stereocenters. The zero-order chi connectivity index (χ0) is 38.4. The Morgan fingerprint density at radius 3 is 2.39 bits per heavy atom. The number of carbonyl (C=O) groups is 4. The molecule has 1 aromatic heterocycles. The van der Waals surface area contributed by atoms with Gasteiger partial charge in [0.2, 0.25) is 11.8 Å². The summed E-state index contributed by atoms with van der Waals surface area (Å²) in [6, 6.07) is 11.2. The molecule has 56 heavy (non-hydrogen) atoms. The average Bonchev–Trinajstić information content (AvgIpc) is 3.49. The fourth-order valence-corrected chi connectivity index (χ4v) is 10.7. The van der Waals surface area contributed by atoms with E-state index in [1.807, 2.05) is 23.1 Å². The third kappa shape index (κ3) is 5.97. The van der Waals surface area contributed by atoms with Gasteiger partial charge in [0.1, 0.15) is 17.6 Å². The Balaban J connectivity index is 0.711. The van der Waals surface area contributed by atoms with Crippen molar-refractivity contribution in [2.45, 2.75) is 50.7 Å². The normalized spacial score (nSPS) is 30.1. The lowest BCUT2D eigenvalue weighted by Crippen LogP contribution is -2.58. The third-order valence-electron chi connectivity index (χ3n) is 13.6. The Bertz CT molecular complexity index is 2140. The minimum Gasteiger partial charge on any atom is -0.507 e. The highest BCUT2D eigenvalue weighted by Crippen LogP contribution is 2.52. The van der Waals surface area contributed by atoms with E-state index in [4.69, 9.17) is 0 Å². The summed E-state index contributed by atoms with van der Waals surface area (Å²) in [6.07, 6.45) is 1.91. The van der Waals surface area contributed by atoms with E-state index in [1.54, 1.807) is 12.1 Å². The first-order valence-corrected chi connectivity index (χ1v) is 20.0. The molecule has 4 saturated heterocycles. The second-order valence-electron chi connectivity index (χ2n) is 16.9. The SMILES string of the molecule is C[C@@H]1C[C@H](CN2C[C@@H]3[C@H](C2)[C@H]3CN2CCN3c4cc(-c5ccccc5O)nnc4NC[C@H]3C2)CCN1c1cc2c(cc1F)C(=O)N(C1CCC(=O)NC1=O)C2=O. The average molecular weight is 764 g/mol. The number of imide groups is 2. The number of hydrogen-bond acceptors (Lipinski definition) is 12. The van der Waals surface area contributed by atoms with Crippen LogP contribution in [0, 0.1) is 29.5 Å². The third-order valence-corrected chi connectivity index (χ3v) is 13.6. The first-order chi connectivity index (χ1) is 27.1. The minimum absolute atomic E-state index is 0.0317. The van der Waals surface area contributed by atoms with Gasteiger partial charge in [-0.1, -0.05) is 12.1 Å². The largest absolute Gasteiger partial charge is 0.507 e. The van der Waals surface area contributed by atoms with Gasteiger partial charge in [0.15, 0.2) is 5.82 Å². The van der Waals surface area contributed by atoms with Crippen LogP contribution in [0.25, 0.3) is 11.3 Å². The number of nitrogens with one attached hydrogen (secondary N) is 2. The van der Waals surface area contributed by atoms with Crippen molar-refractivity contribution in [2.75, 3.05) is 74.0 Å². The van der Waals surface area contributed by atoms with Crippen molar-refractivity contribution in [3.05, 3.63) is 59.4 Å². The number of halogens is 1. The Morgan fingerprint density at radius 2 is 1.62 bits per heavy atom. The fourth-order valence-electron chi connectivity index (χ4n) is 10.7. The van der Waals surface area contributed by atoms with Crippen LogP contribution in [0.2, 0.25) is 0 Å². The number of piperidine rings is 3. The molecule has 15 heteroatoms. The van der Waals surface area contributed by atoms with Crippen molar-refractivity contribution in [3.8, 4) is 17.0 Å². The van der Waals surface area contributed by atoms with Gasteiger partial charge in [0.05, 0.1) is 34.2 Å². The molecule has 292 valence electrons. The van der Waals surface area contributed by atoms with Gasteiger partial charge in [-0.05, 0) is 80.2 Å². The first-order valence-electron chi connectivity index (χ1n) is 20.0. The number of likely N-dealkylation sites (tertiary alicyclic amines) is 1. The highest BCUT2D eigenvalue weighted by atomic mass is 19.1. The maximum absolute atomic E-state index is 15.6. The maximum Gasteiger partial charge on any atom is 0.262 e. The van der Waals surface area contributed by atoms with Crippen LogP contribution in [0.5, 0.6) is 5.75 Å². The highest BCUT2D eigenvalue weighted by Gasteiger charge is 2.56. The number of nitrogens with zero attached hydrogens (tertiary/aromatic N) is 7. The summed E-state index contributed by atoms with van der Waals surface area (Å²) in [5, 5.41) is 24.9. The zero-order valence-corrected chi connectivity index (χ0v) is 31.4. The molecule has 0 bridgehead atoms. The van der Waals surface area contributed by atoms with Gasteiger partial charge in [0.25, 0.3) is 11.8 Å². The van der Waals surface area contributed by atoms with Crippen LogP contribution in [0.1, 0.15) is 53.3 Å². The van der Waals surface area contributed by atoms with Crippen molar-refractivity contribution in [1.82, 2.24) is 30.2 Å². The minimum atomic E-state index is -1.08. The number of phenols is 1. The lowest BCUT2D eigenvalue weighted by molar-refractivity contribution is -0.136. The number of aromatic nitrogens is 2. The van der Waals surface area contributed by atoms with E-state index in [1.165, 1.54) is 6.07 Å². The van der Waals surface area contributed by atoms with Crippen LogP contribution in [-0.2, 0) is 9.59 Å². The maximum atomic E-state index is 15.6. The fraction of sp³-hybridized carbons (Fsp3) is 0.512. The van der Waals surface area contributed by atoms with Crippen molar-refractivity contribution < 1.29 is 28.7 Å². The van der Waals surface area contributed by atoms with Gasteiger partial charge in [-0.2, -0.15) is 0 Å². The number of benzene rings is 2. The predicted molar refractivity (Wildman–Crippen MR) is 205 cm³/mol. The van der Waals surface area contributed by atoms with E-state index in [9.17, 15) is 24.3 Å². The monoisotopic (exact) mass is 763 g/mol. The van der Waals surface area contributed by atoms with Crippen LogP contribution < -0.4 is 20.4 Å². The lowest BCUT2D eigenvalue weighted by atomic mass is 9.90. The first kappa shape index (κ1) is 35.3. The number of phenolic OH excluding ortho intramolecular Hbond substituents is 1. The zero-order valence-electron chi connectivity index (χ0n) is 31.4. The number of hydrogen-bond donors (Lipinski definition) is 3. The summed E-state index contributed by atoms with van der Waals surface area (Å²) in [4.78, 5) is 61.3. The molecule has 1 saturated carbocycles. The quantitative estimate of drug-likeness (QED) is 0.304. The standard InChI is InChI=1S/C41H46FN9O5/c1-22-12-23(8-9-49(22)34-14-27-26(13-31(34)42)40(55)51(41(27)56)33-6-7-37(53)44-39(33)54)17-48-20-29-28(30(29)21-48)19-47-10-11-50-24(18-47)16-43-38-35(50)15-32(45-46-38)25-4-2-3-5-36(25)52/h2-5,13-15,22-24,28-30,33,52H,6-12,16-21H2,1H3,(H,43,46)(H,44,53,54)/t22-,23-,24+,28-,29-,30+,33?/m1/s1. The van der Waals surface area contributed by atoms with Crippen LogP contribution >= 0.6 is 0 Å². The summed E-state index contributed by atoms with van der Waals surface area (Å²) < 4.78 is 15.6. The van der Waals surface area contributed by atoms with Crippen LogP contribution in [0.3, 0.4) is 0 Å². The molecule has 7 aliphatic rings. The number of amides is 4. The number of rotatable bonds is 7. The molecule has 0 spiro atoms. The number of anilines is 3. The Labute approximate surface area is 324 Å². The molecular weight excluding hydrogens is 718 g/mol. The van der Waals surface area contributed by atoms with Crippen molar-refractivity contribution >= 4 is 40.8 Å². The van der Waals surface area contributed by atoms with Crippen molar-refractivity contribution in [3.63, 3.8) is 0 Å². The molecule has 3 N–H and O–H groups in total. The molecule has 6 aliphatic heterocycles. The number of aromatic hydroxyl groups is 1. The van der Waals surface area contributed by atoms with E-state index in [0.717, 1.165) is 105 Å². The molecule has 2 aromatic carbocycles. The molecule has 1 aliphatic carbocycles. The second kappa shape index (κ2) is 13.5. The molecule has 14 nitrogen and oxygen atoms in total. The van der Waals surface area contributed by atoms with Crippen molar-refractivity contribution in [1.29, 1.82) is 0 Å². The Morgan fingerprint density at radius 1 is 0.839 bits per heavy atom. The molecule has 10 rings (SSSR count). The van der Waals surface area contributed by atoms with E-state index in [-0.39, 0.29) is 35.8 Å².